The van der Waals surface area contributed by atoms with Gasteiger partial charge in [-0.2, -0.15) is 0 Å². The van der Waals surface area contributed by atoms with E-state index < -0.39 is 17.9 Å². The van der Waals surface area contributed by atoms with E-state index in [9.17, 15) is 14.4 Å². The lowest BCUT2D eigenvalue weighted by Crippen LogP contribution is -2.59. The third-order valence-electron chi connectivity index (χ3n) is 3.96. The molecule has 0 aromatic carbocycles. The maximum Gasteiger partial charge on any atom is 0.320 e. The van der Waals surface area contributed by atoms with Crippen molar-refractivity contribution in [3.63, 3.8) is 0 Å². The molecule has 2 saturated heterocycles. The Morgan fingerprint density at radius 3 is 2.71 bits per heavy atom. The van der Waals surface area contributed by atoms with E-state index in [1.54, 1.807) is 0 Å². The summed E-state index contributed by atoms with van der Waals surface area (Å²) in [6, 6.07) is -0.931. The van der Waals surface area contributed by atoms with Crippen molar-refractivity contribution in [1.29, 1.82) is 0 Å². The number of piperidine rings is 1. The summed E-state index contributed by atoms with van der Waals surface area (Å²) in [7, 11) is 1.51. The maximum absolute atomic E-state index is 12.6. The van der Waals surface area contributed by atoms with Gasteiger partial charge in [0, 0.05) is 26.7 Å². The van der Waals surface area contributed by atoms with Gasteiger partial charge in [-0.1, -0.05) is 0 Å². The predicted molar refractivity (Wildman–Crippen MR) is 72.7 cm³/mol. The van der Waals surface area contributed by atoms with Crippen LogP contribution in [-0.2, 0) is 14.3 Å². The minimum absolute atomic E-state index is 0.168. The van der Waals surface area contributed by atoms with Crippen LogP contribution in [0.2, 0.25) is 0 Å². The molecular formula is C13H21N3O5. The second-order valence-corrected chi connectivity index (χ2v) is 5.30. The van der Waals surface area contributed by atoms with Crippen molar-refractivity contribution in [3.8, 4) is 0 Å². The van der Waals surface area contributed by atoms with E-state index in [1.165, 1.54) is 16.8 Å². The molecule has 2 fully saturated rings. The quantitative estimate of drug-likeness (QED) is 0.706. The lowest BCUT2D eigenvalue weighted by molar-refractivity contribution is -0.143. The molecule has 0 bridgehead atoms. The molecule has 2 unspecified atom stereocenters. The highest BCUT2D eigenvalue weighted by Crippen LogP contribution is 2.19. The first-order chi connectivity index (χ1) is 10.0. The number of aliphatic carboxylic acids is 1. The molecule has 2 heterocycles. The van der Waals surface area contributed by atoms with Crippen LogP contribution in [0.15, 0.2) is 0 Å². The van der Waals surface area contributed by atoms with Crippen molar-refractivity contribution in [2.24, 2.45) is 5.92 Å². The van der Waals surface area contributed by atoms with Gasteiger partial charge in [-0.05, 0) is 12.8 Å². The highest BCUT2D eigenvalue weighted by molar-refractivity contribution is 5.87. The molecule has 0 aromatic heterocycles. The first-order valence-electron chi connectivity index (χ1n) is 7.12. The molecule has 2 aliphatic rings. The smallest absolute Gasteiger partial charge is 0.320 e. The summed E-state index contributed by atoms with van der Waals surface area (Å²) in [5.74, 6) is -1.67. The van der Waals surface area contributed by atoms with Crippen molar-refractivity contribution < 1.29 is 24.2 Å². The number of likely N-dealkylation sites (tertiary alicyclic amines) is 1. The minimum Gasteiger partial charge on any atom is -0.481 e. The van der Waals surface area contributed by atoms with E-state index >= 15 is 0 Å². The van der Waals surface area contributed by atoms with Crippen molar-refractivity contribution in [2.75, 3.05) is 39.9 Å². The number of carboxylic acids is 1. The zero-order valence-electron chi connectivity index (χ0n) is 12.1. The monoisotopic (exact) mass is 299 g/mol. The summed E-state index contributed by atoms with van der Waals surface area (Å²) >= 11 is 0. The fourth-order valence-corrected chi connectivity index (χ4v) is 2.75. The average Bonchev–Trinajstić information content (AvgIpc) is 2.53. The van der Waals surface area contributed by atoms with Gasteiger partial charge in [0.1, 0.15) is 6.04 Å². The van der Waals surface area contributed by atoms with Gasteiger partial charge in [-0.15, -0.1) is 0 Å². The molecule has 2 rings (SSSR count). The number of carbonyl (C=O) groups excluding carboxylic acids is 2. The molecule has 0 radical (unpaired) electrons. The molecule has 0 saturated carbocycles. The number of likely N-dealkylation sites (N-methyl/N-ethyl adjacent to an activating group) is 1. The third kappa shape index (κ3) is 3.44. The van der Waals surface area contributed by atoms with E-state index in [-0.39, 0.29) is 25.1 Å². The summed E-state index contributed by atoms with van der Waals surface area (Å²) in [4.78, 5) is 38.5. The number of hydrogen-bond donors (Lipinski definition) is 2. The zero-order valence-corrected chi connectivity index (χ0v) is 12.1. The average molecular weight is 299 g/mol. The fraction of sp³-hybridized carbons (Fsp3) is 0.769. The van der Waals surface area contributed by atoms with Gasteiger partial charge in [-0.3, -0.25) is 9.59 Å². The third-order valence-corrected chi connectivity index (χ3v) is 3.96. The molecule has 8 nitrogen and oxygen atoms in total. The standard InChI is InChI=1S/C13H21N3O5/c1-14-11(17)10-8-21-6-5-16(10)13(20)15-4-2-3-9(7-15)12(18)19/h9-10H,2-8H2,1H3,(H,14,17)(H,18,19). The van der Waals surface area contributed by atoms with Gasteiger partial charge in [0.05, 0.1) is 19.1 Å². The largest absolute Gasteiger partial charge is 0.481 e. The Morgan fingerprint density at radius 1 is 1.29 bits per heavy atom. The number of ether oxygens (including phenoxy) is 1. The Hall–Kier alpha value is -1.83. The number of morpholine rings is 1. The Balaban J connectivity index is 2.06. The van der Waals surface area contributed by atoms with E-state index in [0.29, 0.717) is 32.5 Å². The van der Waals surface area contributed by atoms with Gasteiger partial charge in [-0.25, -0.2) is 4.79 Å². The number of rotatable bonds is 2. The second kappa shape index (κ2) is 6.75. The molecule has 0 spiro atoms. The Kier molecular flexibility index (Phi) is 5.00. The number of nitrogens with one attached hydrogen (secondary N) is 1. The number of carboxylic acid groups (broad SMARTS) is 1. The SMILES string of the molecule is CNC(=O)C1COCCN1C(=O)N1CCCC(C(=O)O)C1. The minimum atomic E-state index is -0.877. The van der Waals surface area contributed by atoms with Crippen LogP contribution in [0.25, 0.3) is 0 Å². The number of nitrogens with zero attached hydrogens (tertiary/aromatic N) is 2. The predicted octanol–water partition coefficient (Wildman–Crippen LogP) is -0.650. The van der Waals surface area contributed by atoms with Gasteiger partial charge in [0.25, 0.3) is 0 Å². The van der Waals surface area contributed by atoms with Gasteiger partial charge in [0.2, 0.25) is 5.91 Å². The Bertz CT molecular complexity index is 428. The van der Waals surface area contributed by atoms with Crippen LogP contribution < -0.4 is 5.32 Å². The highest BCUT2D eigenvalue weighted by atomic mass is 16.5. The van der Waals surface area contributed by atoms with Crippen LogP contribution >= 0.6 is 0 Å². The summed E-state index contributed by atoms with van der Waals surface area (Å²) in [5.41, 5.74) is 0. The summed E-state index contributed by atoms with van der Waals surface area (Å²) in [6.45, 7) is 1.62. The van der Waals surface area contributed by atoms with Crippen LogP contribution in [0.5, 0.6) is 0 Å². The van der Waals surface area contributed by atoms with Crippen molar-refractivity contribution in [2.45, 2.75) is 18.9 Å². The molecule has 0 aliphatic carbocycles. The molecule has 3 amide bonds. The number of urea groups is 1. The Morgan fingerprint density at radius 2 is 2.05 bits per heavy atom. The maximum atomic E-state index is 12.6. The van der Waals surface area contributed by atoms with Gasteiger partial charge >= 0.3 is 12.0 Å². The zero-order chi connectivity index (χ0) is 15.4. The summed E-state index contributed by atoms with van der Waals surface area (Å²) in [6.07, 6.45) is 1.25. The molecular weight excluding hydrogens is 278 g/mol. The number of hydrogen-bond acceptors (Lipinski definition) is 4. The summed E-state index contributed by atoms with van der Waals surface area (Å²) in [5, 5.41) is 11.6. The van der Waals surface area contributed by atoms with Gasteiger partial charge in [0.15, 0.2) is 0 Å². The molecule has 2 aliphatic heterocycles. The molecule has 0 aromatic rings. The summed E-state index contributed by atoms with van der Waals surface area (Å²) < 4.78 is 5.26. The second-order valence-electron chi connectivity index (χ2n) is 5.30. The van der Waals surface area contributed by atoms with Crippen LogP contribution in [0.3, 0.4) is 0 Å². The normalized spacial score (nSPS) is 26.3. The van der Waals surface area contributed by atoms with E-state index in [0.717, 1.165) is 0 Å². The molecule has 8 heteroatoms. The first-order valence-corrected chi connectivity index (χ1v) is 7.12. The number of amides is 3. The molecule has 21 heavy (non-hydrogen) atoms. The number of carbonyl (C=O) groups is 3. The van der Waals surface area contributed by atoms with Crippen molar-refractivity contribution in [1.82, 2.24) is 15.1 Å². The fourth-order valence-electron chi connectivity index (χ4n) is 2.75. The lowest BCUT2D eigenvalue weighted by Gasteiger charge is -2.40. The molecule has 2 atom stereocenters. The van der Waals surface area contributed by atoms with E-state index in [2.05, 4.69) is 5.32 Å². The molecule has 118 valence electrons. The van der Waals surface area contributed by atoms with Crippen LogP contribution in [0, 0.1) is 5.92 Å². The van der Waals surface area contributed by atoms with Crippen LogP contribution in [0.1, 0.15) is 12.8 Å². The highest BCUT2D eigenvalue weighted by Gasteiger charge is 2.37. The van der Waals surface area contributed by atoms with E-state index in [1.807, 2.05) is 0 Å². The Labute approximate surface area is 123 Å². The van der Waals surface area contributed by atoms with E-state index in [4.69, 9.17) is 9.84 Å². The van der Waals surface area contributed by atoms with Crippen LogP contribution in [0.4, 0.5) is 4.79 Å². The molecule has 2 N–H and O–H groups in total. The van der Waals surface area contributed by atoms with Crippen molar-refractivity contribution >= 4 is 17.9 Å². The van der Waals surface area contributed by atoms with Crippen LogP contribution in [-0.4, -0.2) is 78.8 Å². The lowest BCUT2D eigenvalue weighted by atomic mass is 9.98. The van der Waals surface area contributed by atoms with Crippen molar-refractivity contribution in [3.05, 3.63) is 0 Å². The first kappa shape index (κ1) is 15.6. The topological polar surface area (TPSA) is 99.2 Å². The van der Waals surface area contributed by atoms with Gasteiger partial charge < -0.3 is 25.0 Å².